The second kappa shape index (κ2) is 3.43. The van der Waals surface area contributed by atoms with E-state index in [1.54, 1.807) is 6.92 Å². The molecule has 0 saturated heterocycles. The molecular weight excluding hydrogens is 108 g/mol. The van der Waals surface area contributed by atoms with Gasteiger partial charge in [-0.05, 0) is 6.42 Å². The van der Waals surface area contributed by atoms with E-state index in [9.17, 15) is 9.90 Å². The van der Waals surface area contributed by atoms with Gasteiger partial charge in [-0.15, -0.1) is 0 Å². The minimum atomic E-state index is -1.20. The van der Waals surface area contributed by atoms with E-state index >= 15 is 0 Å². The molecule has 0 bridgehead atoms. The minimum Gasteiger partial charge on any atom is -0.550 e. The third-order valence-corrected chi connectivity index (χ3v) is 0.874. The zero-order chi connectivity index (χ0) is 6.57. The molecular formula is C5H9O3-. The van der Waals surface area contributed by atoms with Crippen LogP contribution in [0, 0.1) is 0 Å². The average Bonchev–Trinajstić information content (AvgIpc) is 1.65. The number of hydrogen-bond acceptors (Lipinski definition) is 3. The number of aliphatic carboxylic acids is 1. The van der Waals surface area contributed by atoms with E-state index in [1.165, 1.54) is 0 Å². The molecule has 0 rings (SSSR count). The van der Waals surface area contributed by atoms with Gasteiger partial charge in [-0.1, -0.05) is 6.92 Å². The molecule has 1 N–H and O–H groups in total. The summed E-state index contributed by atoms with van der Waals surface area (Å²) in [5.41, 5.74) is 0. The van der Waals surface area contributed by atoms with E-state index in [1.807, 2.05) is 0 Å². The van der Waals surface area contributed by atoms with Crippen LogP contribution in [0.15, 0.2) is 0 Å². The topological polar surface area (TPSA) is 60.4 Å². The van der Waals surface area contributed by atoms with Crippen molar-refractivity contribution in [3.63, 3.8) is 0 Å². The fourth-order valence-electron chi connectivity index (χ4n) is 0.337. The van der Waals surface area contributed by atoms with Gasteiger partial charge in [0, 0.05) is 12.4 Å². The van der Waals surface area contributed by atoms with E-state index in [2.05, 4.69) is 0 Å². The van der Waals surface area contributed by atoms with Gasteiger partial charge in [-0.25, -0.2) is 0 Å². The number of carbonyl (C=O) groups excluding carboxylic acids is 1. The van der Waals surface area contributed by atoms with E-state index in [4.69, 9.17) is 5.11 Å². The van der Waals surface area contributed by atoms with Crippen LogP contribution in [0.3, 0.4) is 0 Å². The van der Waals surface area contributed by atoms with Crippen molar-refractivity contribution in [1.82, 2.24) is 0 Å². The highest BCUT2D eigenvalue weighted by Gasteiger charge is 1.98. The SMILES string of the molecule is CC[C@H](O)CC(=O)[O-]. The monoisotopic (exact) mass is 117 g/mol. The smallest absolute Gasteiger partial charge is 0.0589 e. The highest BCUT2D eigenvalue weighted by Crippen LogP contribution is 1.93. The van der Waals surface area contributed by atoms with Gasteiger partial charge in [0.05, 0.1) is 6.10 Å². The van der Waals surface area contributed by atoms with Crippen LogP contribution in [0.25, 0.3) is 0 Å². The molecule has 0 amide bonds. The van der Waals surface area contributed by atoms with Crippen molar-refractivity contribution in [1.29, 1.82) is 0 Å². The Morgan fingerprint density at radius 3 is 2.50 bits per heavy atom. The maximum Gasteiger partial charge on any atom is 0.0589 e. The Bertz CT molecular complexity index is 79.7. The number of carboxylic acid groups (broad SMARTS) is 1. The quantitative estimate of drug-likeness (QED) is 0.510. The molecule has 0 aliphatic carbocycles. The molecule has 0 saturated carbocycles. The van der Waals surface area contributed by atoms with Gasteiger partial charge in [-0.2, -0.15) is 0 Å². The number of carbonyl (C=O) groups is 1. The van der Waals surface area contributed by atoms with E-state index < -0.39 is 12.1 Å². The Morgan fingerprint density at radius 2 is 2.38 bits per heavy atom. The first-order chi connectivity index (χ1) is 3.66. The molecule has 48 valence electrons. The highest BCUT2D eigenvalue weighted by molar-refractivity contribution is 5.64. The first kappa shape index (κ1) is 7.43. The Kier molecular flexibility index (Phi) is 3.19. The zero-order valence-electron chi connectivity index (χ0n) is 4.76. The molecule has 0 fully saturated rings. The lowest BCUT2D eigenvalue weighted by Gasteiger charge is -2.06. The molecule has 0 aromatic heterocycles. The minimum absolute atomic E-state index is 0.253. The fourth-order valence-corrected chi connectivity index (χ4v) is 0.337. The van der Waals surface area contributed by atoms with Crippen LogP contribution in [0.2, 0.25) is 0 Å². The molecule has 1 atom stereocenters. The molecule has 0 aromatic rings. The molecule has 0 heterocycles. The lowest BCUT2D eigenvalue weighted by Crippen LogP contribution is -2.26. The predicted octanol–water partition coefficient (Wildman–Crippen LogP) is -1.10. The van der Waals surface area contributed by atoms with E-state index in [0.717, 1.165) is 0 Å². The van der Waals surface area contributed by atoms with Gasteiger partial charge in [-0.3, -0.25) is 0 Å². The van der Waals surface area contributed by atoms with Gasteiger partial charge in [0.2, 0.25) is 0 Å². The summed E-state index contributed by atoms with van der Waals surface area (Å²) >= 11 is 0. The van der Waals surface area contributed by atoms with Crippen molar-refractivity contribution in [3.05, 3.63) is 0 Å². The molecule has 0 aromatic carbocycles. The third kappa shape index (κ3) is 3.61. The van der Waals surface area contributed by atoms with Crippen LogP contribution in [0.5, 0.6) is 0 Å². The Hall–Kier alpha value is -0.570. The van der Waals surface area contributed by atoms with Gasteiger partial charge >= 0.3 is 0 Å². The number of hydrogen-bond donors (Lipinski definition) is 1. The van der Waals surface area contributed by atoms with Crippen LogP contribution in [0.1, 0.15) is 19.8 Å². The van der Waals surface area contributed by atoms with Crippen molar-refractivity contribution >= 4 is 5.97 Å². The molecule has 0 spiro atoms. The summed E-state index contributed by atoms with van der Waals surface area (Å²) in [4.78, 5) is 9.70. The first-order valence-electron chi connectivity index (χ1n) is 2.54. The van der Waals surface area contributed by atoms with Gasteiger partial charge in [0.1, 0.15) is 0 Å². The van der Waals surface area contributed by atoms with Crippen molar-refractivity contribution in [2.24, 2.45) is 0 Å². The second-order valence-corrected chi connectivity index (χ2v) is 1.64. The molecule has 3 nitrogen and oxygen atoms in total. The first-order valence-corrected chi connectivity index (χ1v) is 2.54. The largest absolute Gasteiger partial charge is 0.550 e. The molecule has 0 aliphatic heterocycles. The zero-order valence-corrected chi connectivity index (χ0v) is 4.76. The summed E-state index contributed by atoms with van der Waals surface area (Å²) in [7, 11) is 0. The standard InChI is InChI=1S/C5H10O3/c1-2-4(6)3-5(7)8/h4,6H,2-3H2,1H3,(H,7,8)/p-1/t4-/m0/s1. The van der Waals surface area contributed by atoms with Crippen molar-refractivity contribution in [2.75, 3.05) is 0 Å². The maximum absolute atomic E-state index is 9.70. The molecule has 0 radical (unpaired) electrons. The highest BCUT2D eigenvalue weighted by atomic mass is 16.4. The normalized spacial score (nSPS) is 13.2. The van der Waals surface area contributed by atoms with E-state index in [-0.39, 0.29) is 6.42 Å². The predicted molar refractivity (Wildman–Crippen MR) is 25.9 cm³/mol. The Balaban J connectivity index is 3.24. The van der Waals surface area contributed by atoms with Crippen LogP contribution in [-0.4, -0.2) is 17.2 Å². The lowest BCUT2D eigenvalue weighted by atomic mass is 10.2. The number of rotatable bonds is 3. The molecule has 0 unspecified atom stereocenters. The number of carboxylic acids is 1. The van der Waals surface area contributed by atoms with Crippen LogP contribution in [0.4, 0.5) is 0 Å². The van der Waals surface area contributed by atoms with Crippen LogP contribution >= 0.6 is 0 Å². The summed E-state index contributed by atoms with van der Waals surface area (Å²) in [5, 5.41) is 18.3. The van der Waals surface area contributed by atoms with Gasteiger partial charge in [0.15, 0.2) is 0 Å². The third-order valence-electron chi connectivity index (χ3n) is 0.874. The summed E-state index contributed by atoms with van der Waals surface area (Å²) in [6.07, 6.45) is -0.523. The number of aliphatic hydroxyl groups excluding tert-OH is 1. The van der Waals surface area contributed by atoms with Crippen molar-refractivity contribution < 1.29 is 15.0 Å². The molecule has 0 aliphatic rings. The summed E-state index contributed by atoms with van der Waals surface area (Å²) in [6, 6.07) is 0. The Labute approximate surface area is 47.9 Å². The maximum atomic E-state index is 9.70. The van der Waals surface area contributed by atoms with Crippen LogP contribution < -0.4 is 5.11 Å². The summed E-state index contributed by atoms with van der Waals surface area (Å²) in [6.45, 7) is 1.72. The summed E-state index contributed by atoms with van der Waals surface area (Å²) in [5.74, 6) is -1.20. The van der Waals surface area contributed by atoms with Gasteiger partial charge in [0.25, 0.3) is 0 Å². The van der Waals surface area contributed by atoms with Gasteiger partial charge < -0.3 is 15.0 Å². The number of aliphatic hydroxyl groups is 1. The average molecular weight is 117 g/mol. The van der Waals surface area contributed by atoms with Crippen molar-refractivity contribution in [2.45, 2.75) is 25.9 Å². The summed E-state index contributed by atoms with van der Waals surface area (Å²) < 4.78 is 0. The Morgan fingerprint density at radius 1 is 1.88 bits per heavy atom. The second-order valence-electron chi connectivity index (χ2n) is 1.64. The van der Waals surface area contributed by atoms with Crippen LogP contribution in [-0.2, 0) is 4.79 Å². The lowest BCUT2D eigenvalue weighted by molar-refractivity contribution is -0.307. The van der Waals surface area contributed by atoms with Crippen molar-refractivity contribution in [3.8, 4) is 0 Å². The fraction of sp³-hybridized carbons (Fsp3) is 0.800. The van der Waals surface area contributed by atoms with E-state index in [0.29, 0.717) is 6.42 Å². The molecule has 3 heteroatoms. The molecule has 8 heavy (non-hydrogen) atoms.